The molecular formula is C12H16N6OS. The van der Waals surface area contributed by atoms with Gasteiger partial charge in [0.05, 0.1) is 0 Å². The highest BCUT2D eigenvalue weighted by Crippen LogP contribution is 2.24. The summed E-state index contributed by atoms with van der Waals surface area (Å²) in [5.74, 6) is 0.790. The highest BCUT2D eigenvalue weighted by molar-refractivity contribution is 7.99. The quantitative estimate of drug-likeness (QED) is 0.562. The molecule has 2 aromatic heterocycles. The average molecular weight is 292 g/mol. The van der Waals surface area contributed by atoms with Gasteiger partial charge in [-0.3, -0.25) is 4.79 Å². The molecule has 4 N–H and O–H groups in total. The van der Waals surface area contributed by atoms with E-state index in [1.54, 1.807) is 13.1 Å². The molecule has 20 heavy (non-hydrogen) atoms. The van der Waals surface area contributed by atoms with Crippen molar-refractivity contribution in [3.63, 3.8) is 0 Å². The minimum absolute atomic E-state index is 0.165. The number of hydrogen-bond acceptors (Lipinski definition) is 7. The average Bonchev–Trinajstić information content (AvgIpc) is 2.37. The number of nitrogens with two attached hydrogens (primary N) is 1. The number of rotatable bonds is 5. The molecule has 106 valence electrons. The third-order valence-corrected chi connectivity index (χ3v) is 3.26. The zero-order valence-corrected chi connectivity index (χ0v) is 12.1. The summed E-state index contributed by atoms with van der Waals surface area (Å²) in [6, 6.07) is 3.26. The molecule has 2 aromatic rings. The van der Waals surface area contributed by atoms with E-state index in [0.717, 1.165) is 18.5 Å². The van der Waals surface area contributed by atoms with Crippen LogP contribution >= 0.6 is 11.8 Å². The van der Waals surface area contributed by atoms with E-state index in [0.29, 0.717) is 16.0 Å². The van der Waals surface area contributed by atoms with Gasteiger partial charge in [0.25, 0.3) is 5.56 Å². The van der Waals surface area contributed by atoms with Crippen LogP contribution in [0, 0.1) is 0 Å². The van der Waals surface area contributed by atoms with Crippen LogP contribution in [0.2, 0.25) is 0 Å². The first-order valence-electron chi connectivity index (χ1n) is 6.21. The molecule has 0 saturated heterocycles. The fourth-order valence-corrected chi connectivity index (χ4v) is 2.46. The van der Waals surface area contributed by atoms with Gasteiger partial charge in [0.1, 0.15) is 10.8 Å². The predicted octanol–water partition coefficient (Wildman–Crippen LogP) is 1.29. The lowest BCUT2D eigenvalue weighted by molar-refractivity contribution is 0.815. The molecule has 0 amide bonds. The molecule has 0 aliphatic heterocycles. The Kier molecular flexibility index (Phi) is 4.57. The number of anilines is 2. The highest BCUT2D eigenvalue weighted by atomic mass is 32.2. The monoisotopic (exact) mass is 292 g/mol. The fourth-order valence-electron chi connectivity index (χ4n) is 1.64. The van der Waals surface area contributed by atoms with Gasteiger partial charge >= 0.3 is 0 Å². The maximum absolute atomic E-state index is 11.6. The molecule has 2 heterocycles. The Labute approximate surface area is 120 Å². The van der Waals surface area contributed by atoms with Crippen molar-refractivity contribution in [1.82, 2.24) is 19.9 Å². The van der Waals surface area contributed by atoms with E-state index in [4.69, 9.17) is 5.73 Å². The zero-order valence-electron chi connectivity index (χ0n) is 11.3. The molecule has 2 rings (SSSR count). The van der Waals surface area contributed by atoms with Crippen molar-refractivity contribution < 1.29 is 0 Å². The lowest BCUT2D eigenvalue weighted by atomic mass is 10.2. The van der Waals surface area contributed by atoms with Crippen LogP contribution in [0.25, 0.3) is 0 Å². The van der Waals surface area contributed by atoms with Crippen LogP contribution in [0.1, 0.15) is 19.0 Å². The molecule has 7 nitrogen and oxygen atoms in total. The van der Waals surface area contributed by atoms with Crippen molar-refractivity contribution in [1.29, 1.82) is 0 Å². The van der Waals surface area contributed by atoms with Crippen LogP contribution < -0.4 is 16.6 Å². The van der Waals surface area contributed by atoms with Gasteiger partial charge in [-0.1, -0.05) is 13.3 Å². The lowest BCUT2D eigenvalue weighted by Crippen LogP contribution is -2.10. The minimum Gasteiger partial charge on any atom is -0.373 e. The summed E-state index contributed by atoms with van der Waals surface area (Å²) < 4.78 is 0. The number of nitrogens with zero attached hydrogens (tertiary/aromatic N) is 3. The number of H-pyrrole nitrogens is 1. The van der Waals surface area contributed by atoms with Crippen molar-refractivity contribution in [2.75, 3.05) is 18.1 Å². The Morgan fingerprint density at radius 3 is 2.85 bits per heavy atom. The smallest absolute Gasteiger partial charge is 0.251 e. The second kappa shape index (κ2) is 6.38. The minimum atomic E-state index is -0.165. The van der Waals surface area contributed by atoms with E-state index >= 15 is 0 Å². The summed E-state index contributed by atoms with van der Waals surface area (Å²) in [4.78, 5) is 26.8. The first-order valence-corrected chi connectivity index (χ1v) is 7.02. The summed E-state index contributed by atoms with van der Waals surface area (Å²) in [6.07, 6.45) is 1.70. The Bertz CT molecular complexity index is 657. The van der Waals surface area contributed by atoms with Gasteiger partial charge in [0, 0.05) is 24.9 Å². The lowest BCUT2D eigenvalue weighted by Gasteiger charge is -2.05. The topological polar surface area (TPSA) is 110 Å². The number of aryl methyl sites for hydroxylation is 1. The molecule has 0 unspecified atom stereocenters. The first kappa shape index (κ1) is 14.3. The summed E-state index contributed by atoms with van der Waals surface area (Å²) in [6.45, 7) is 2.04. The second-order valence-electron chi connectivity index (χ2n) is 4.09. The van der Waals surface area contributed by atoms with Crippen molar-refractivity contribution in [2.45, 2.75) is 29.9 Å². The van der Waals surface area contributed by atoms with E-state index in [1.165, 1.54) is 17.8 Å². The van der Waals surface area contributed by atoms with Gasteiger partial charge in [0.2, 0.25) is 5.95 Å². The molecular weight excluding hydrogens is 276 g/mol. The number of aromatic amines is 1. The van der Waals surface area contributed by atoms with E-state index in [-0.39, 0.29) is 11.5 Å². The third kappa shape index (κ3) is 3.70. The van der Waals surface area contributed by atoms with E-state index in [2.05, 4.69) is 25.3 Å². The van der Waals surface area contributed by atoms with Gasteiger partial charge in [-0.15, -0.1) is 0 Å². The van der Waals surface area contributed by atoms with Gasteiger partial charge in [-0.25, -0.2) is 9.97 Å². The van der Waals surface area contributed by atoms with Crippen LogP contribution in [0.15, 0.2) is 27.1 Å². The predicted molar refractivity (Wildman–Crippen MR) is 79.0 cm³/mol. The van der Waals surface area contributed by atoms with Crippen molar-refractivity contribution in [2.24, 2.45) is 0 Å². The Morgan fingerprint density at radius 1 is 1.35 bits per heavy atom. The van der Waals surface area contributed by atoms with Crippen LogP contribution in [0.5, 0.6) is 0 Å². The van der Waals surface area contributed by atoms with Crippen molar-refractivity contribution >= 4 is 23.5 Å². The van der Waals surface area contributed by atoms with Gasteiger partial charge < -0.3 is 16.0 Å². The van der Waals surface area contributed by atoms with Gasteiger partial charge in [0.15, 0.2) is 5.16 Å². The zero-order chi connectivity index (χ0) is 14.5. The standard InChI is InChI=1S/C12H16N6OS/c1-3-4-7-5-9(19)17-12(15-7)20-10-6-8(14-2)16-11(13)18-10/h5-6H,3-4H2,1-2H3,(H,15,17,19)(H3,13,14,16,18). The largest absolute Gasteiger partial charge is 0.373 e. The van der Waals surface area contributed by atoms with Gasteiger partial charge in [-0.2, -0.15) is 4.98 Å². The van der Waals surface area contributed by atoms with Crippen LogP contribution in [-0.4, -0.2) is 27.0 Å². The highest BCUT2D eigenvalue weighted by Gasteiger charge is 2.07. The Hall–Kier alpha value is -2.09. The number of aromatic nitrogens is 4. The van der Waals surface area contributed by atoms with Crippen LogP contribution in [0.4, 0.5) is 11.8 Å². The van der Waals surface area contributed by atoms with Crippen molar-refractivity contribution in [3.05, 3.63) is 28.2 Å². The molecule has 8 heteroatoms. The molecule has 0 aliphatic carbocycles. The first-order chi connectivity index (χ1) is 9.60. The molecule has 0 atom stereocenters. The summed E-state index contributed by atoms with van der Waals surface area (Å²) in [7, 11) is 1.75. The number of nitrogen functional groups attached to an aromatic ring is 1. The Balaban J connectivity index is 2.29. The molecule has 0 aliphatic rings. The number of nitrogens with one attached hydrogen (secondary N) is 2. The van der Waals surface area contributed by atoms with Crippen LogP contribution in [0.3, 0.4) is 0 Å². The van der Waals surface area contributed by atoms with Gasteiger partial charge in [-0.05, 0) is 18.2 Å². The molecule has 0 radical (unpaired) electrons. The van der Waals surface area contributed by atoms with Crippen molar-refractivity contribution in [3.8, 4) is 0 Å². The Morgan fingerprint density at radius 2 is 2.15 bits per heavy atom. The molecule has 0 fully saturated rings. The summed E-state index contributed by atoms with van der Waals surface area (Å²) in [5, 5.41) is 4.03. The van der Waals surface area contributed by atoms with E-state index in [1.807, 2.05) is 6.92 Å². The molecule has 0 bridgehead atoms. The summed E-state index contributed by atoms with van der Waals surface area (Å²) >= 11 is 1.25. The molecule has 0 spiro atoms. The fraction of sp³-hybridized carbons (Fsp3) is 0.333. The molecule has 0 aromatic carbocycles. The normalized spacial score (nSPS) is 10.5. The third-order valence-electron chi connectivity index (χ3n) is 2.46. The number of hydrogen-bond donors (Lipinski definition) is 3. The van der Waals surface area contributed by atoms with Crippen LogP contribution in [-0.2, 0) is 6.42 Å². The maximum Gasteiger partial charge on any atom is 0.251 e. The van der Waals surface area contributed by atoms with E-state index in [9.17, 15) is 4.79 Å². The second-order valence-corrected chi connectivity index (χ2v) is 5.10. The van der Waals surface area contributed by atoms with E-state index < -0.39 is 0 Å². The molecule has 0 saturated carbocycles. The SMILES string of the molecule is CCCc1cc(=O)[nH]c(Sc2cc(NC)nc(N)n2)n1. The maximum atomic E-state index is 11.6. The summed E-state index contributed by atoms with van der Waals surface area (Å²) in [5.41, 5.74) is 6.24.